The molecule has 1 aromatic heterocycles. The number of hydrogen-bond donors (Lipinski definition) is 1. The van der Waals surface area contributed by atoms with Crippen LogP contribution in [0.4, 0.5) is 0 Å². The van der Waals surface area contributed by atoms with Crippen LogP contribution in [0, 0.1) is 0 Å². The number of nitrogens with zero attached hydrogens (tertiary/aromatic N) is 1. The smallest absolute Gasteiger partial charge is 0.0931 e. The molecule has 1 unspecified atom stereocenters. The molecule has 0 radical (unpaired) electrons. The number of halogens is 2. The van der Waals surface area contributed by atoms with Gasteiger partial charge in [0.1, 0.15) is 0 Å². The second-order valence-electron chi connectivity index (χ2n) is 3.49. The molecule has 0 bridgehead atoms. The molecule has 0 saturated carbocycles. The minimum absolute atomic E-state index is 0. The number of thiophene rings is 1. The van der Waals surface area contributed by atoms with Crippen LogP contribution in [0.2, 0.25) is 4.34 Å². The third-order valence-electron chi connectivity index (χ3n) is 2.32. The standard InChI is InChI=1S/C9H13ClN2S.ClH/c10-9-2-1-8(13-9)6-12-4-3-7(11)5-12;/h1-2,7H,3-6,11H2;1H. The van der Waals surface area contributed by atoms with E-state index in [1.807, 2.05) is 6.07 Å². The van der Waals surface area contributed by atoms with E-state index in [2.05, 4.69) is 11.0 Å². The van der Waals surface area contributed by atoms with Crippen LogP contribution < -0.4 is 5.73 Å². The maximum Gasteiger partial charge on any atom is 0.0931 e. The van der Waals surface area contributed by atoms with Gasteiger partial charge >= 0.3 is 0 Å². The van der Waals surface area contributed by atoms with Gasteiger partial charge in [0.05, 0.1) is 4.34 Å². The molecule has 2 nitrogen and oxygen atoms in total. The van der Waals surface area contributed by atoms with E-state index in [9.17, 15) is 0 Å². The zero-order valence-electron chi connectivity index (χ0n) is 7.78. The summed E-state index contributed by atoms with van der Waals surface area (Å²) in [6.07, 6.45) is 1.12. The molecule has 1 aliphatic heterocycles. The van der Waals surface area contributed by atoms with E-state index in [-0.39, 0.29) is 12.4 Å². The largest absolute Gasteiger partial charge is 0.326 e. The van der Waals surface area contributed by atoms with Gasteiger partial charge in [-0.2, -0.15) is 0 Å². The molecular weight excluding hydrogens is 239 g/mol. The van der Waals surface area contributed by atoms with Crippen molar-refractivity contribution in [1.29, 1.82) is 0 Å². The molecule has 80 valence electrons. The maximum absolute atomic E-state index is 5.85. The van der Waals surface area contributed by atoms with E-state index in [4.69, 9.17) is 17.3 Å². The van der Waals surface area contributed by atoms with Crippen molar-refractivity contribution in [3.63, 3.8) is 0 Å². The van der Waals surface area contributed by atoms with Crippen molar-refractivity contribution in [3.8, 4) is 0 Å². The van der Waals surface area contributed by atoms with Crippen molar-refractivity contribution in [1.82, 2.24) is 4.90 Å². The van der Waals surface area contributed by atoms with Crippen LogP contribution in [-0.2, 0) is 6.54 Å². The lowest BCUT2D eigenvalue weighted by molar-refractivity contribution is 0.330. The SMILES string of the molecule is Cl.NC1CCN(Cc2ccc(Cl)s2)C1. The van der Waals surface area contributed by atoms with Gasteiger partial charge in [-0.3, -0.25) is 4.90 Å². The highest BCUT2D eigenvalue weighted by Crippen LogP contribution is 2.23. The lowest BCUT2D eigenvalue weighted by Gasteiger charge is -2.12. The lowest BCUT2D eigenvalue weighted by Crippen LogP contribution is -2.25. The molecular formula is C9H14Cl2N2S. The highest BCUT2D eigenvalue weighted by atomic mass is 35.5. The monoisotopic (exact) mass is 252 g/mol. The van der Waals surface area contributed by atoms with Crippen LogP contribution in [-0.4, -0.2) is 24.0 Å². The molecule has 0 spiro atoms. The predicted octanol–water partition coefficient (Wildman–Crippen LogP) is 2.36. The second kappa shape index (κ2) is 5.33. The van der Waals surface area contributed by atoms with E-state index < -0.39 is 0 Å². The average Bonchev–Trinajstić information content (AvgIpc) is 2.62. The molecule has 1 saturated heterocycles. The molecule has 1 atom stereocenters. The summed E-state index contributed by atoms with van der Waals surface area (Å²) in [5.74, 6) is 0. The van der Waals surface area contributed by atoms with E-state index in [1.165, 1.54) is 4.88 Å². The van der Waals surface area contributed by atoms with Crippen LogP contribution in [0.1, 0.15) is 11.3 Å². The van der Waals surface area contributed by atoms with Crippen molar-refractivity contribution >= 4 is 35.3 Å². The number of nitrogens with two attached hydrogens (primary N) is 1. The Bertz CT molecular complexity index is 290. The summed E-state index contributed by atoms with van der Waals surface area (Å²) in [5, 5.41) is 0. The van der Waals surface area contributed by atoms with Gasteiger partial charge in [0, 0.05) is 30.6 Å². The molecule has 14 heavy (non-hydrogen) atoms. The molecule has 2 heterocycles. The van der Waals surface area contributed by atoms with Crippen LogP contribution in [0.15, 0.2) is 12.1 Å². The summed E-state index contributed by atoms with van der Waals surface area (Å²) in [5.41, 5.74) is 5.82. The Morgan fingerprint density at radius 2 is 2.36 bits per heavy atom. The summed E-state index contributed by atoms with van der Waals surface area (Å²) in [6, 6.07) is 4.42. The number of hydrogen-bond acceptors (Lipinski definition) is 3. The van der Waals surface area contributed by atoms with Gasteiger partial charge < -0.3 is 5.73 Å². The van der Waals surface area contributed by atoms with E-state index >= 15 is 0 Å². The summed E-state index contributed by atoms with van der Waals surface area (Å²) in [4.78, 5) is 3.71. The van der Waals surface area contributed by atoms with Gasteiger partial charge in [-0.15, -0.1) is 23.7 Å². The summed E-state index contributed by atoms with van der Waals surface area (Å²) in [7, 11) is 0. The van der Waals surface area contributed by atoms with Crippen LogP contribution in [0.3, 0.4) is 0 Å². The Morgan fingerprint density at radius 3 is 2.86 bits per heavy atom. The molecule has 1 fully saturated rings. The Kier molecular flexibility index (Phi) is 4.67. The molecule has 1 aliphatic rings. The topological polar surface area (TPSA) is 29.3 Å². The molecule has 1 aromatic rings. The highest BCUT2D eigenvalue weighted by Gasteiger charge is 2.19. The first-order valence-electron chi connectivity index (χ1n) is 4.46. The Labute approximate surface area is 99.4 Å². The van der Waals surface area contributed by atoms with Gasteiger partial charge in [-0.1, -0.05) is 11.6 Å². The Balaban J connectivity index is 0.000000980. The third-order valence-corrected chi connectivity index (χ3v) is 3.53. The minimum Gasteiger partial charge on any atom is -0.326 e. The van der Waals surface area contributed by atoms with Crippen molar-refractivity contribution in [3.05, 3.63) is 21.3 Å². The molecule has 0 aromatic carbocycles. The fourth-order valence-corrected chi connectivity index (χ4v) is 2.79. The molecule has 0 amide bonds. The molecule has 0 aliphatic carbocycles. The van der Waals surface area contributed by atoms with E-state index in [0.29, 0.717) is 6.04 Å². The van der Waals surface area contributed by atoms with Gasteiger partial charge in [-0.05, 0) is 18.6 Å². The fourth-order valence-electron chi connectivity index (χ4n) is 1.66. The lowest BCUT2D eigenvalue weighted by atomic mass is 10.3. The van der Waals surface area contributed by atoms with Gasteiger partial charge in [0.2, 0.25) is 0 Å². The van der Waals surface area contributed by atoms with E-state index in [0.717, 1.165) is 30.4 Å². The zero-order chi connectivity index (χ0) is 9.26. The fraction of sp³-hybridized carbons (Fsp3) is 0.556. The maximum atomic E-state index is 5.85. The number of rotatable bonds is 2. The van der Waals surface area contributed by atoms with Gasteiger partial charge in [0.25, 0.3) is 0 Å². The van der Waals surface area contributed by atoms with Crippen molar-refractivity contribution in [2.45, 2.75) is 19.0 Å². The number of likely N-dealkylation sites (tertiary alicyclic amines) is 1. The van der Waals surface area contributed by atoms with E-state index in [1.54, 1.807) is 11.3 Å². The van der Waals surface area contributed by atoms with Crippen LogP contribution in [0.5, 0.6) is 0 Å². The van der Waals surface area contributed by atoms with Crippen molar-refractivity contribution in [2.75, 3.05) is 13.1 Å². The first-order valence-corrected chi connectivity index (χ1v) is 5.65. The minimum atomic E-state index is 0. The first kappa shape index (κ1) is 12.3. The zero-order valence-corrected chi connectivity index (χ0v) is 10.2. The summed E-state index contributed by atoms with van der Waals surface area (Å²) in [6.45, 7) is 3.15. The Morgan fingerprint density at radius 1 is 1.57 bits per heavy atom. The summed E-state index contributed by atoms with van der Waals surface area (Å²) < 4.78 is 0.874. The van der Waals surface area contributed by atoms with Crippen molar-refractivity contribution in [2.24, 2.45) is 5.73 Å². The second-order valence-corrected chi connectivity index (χ2v) is 5.29. The van der Waals surface area contributed by atoms with Gasteiger partial charge in [0.15, 0.2) is 0 Å². The average molecular weight is 253 g/mol. The third kappa shape index (κ3) is 3.11. The van der Waals surface area contributed by atoms with Gasteiger partial charge in [-0.25, -0.2) is 0 Å². The Hall–Kier alpha value is 0.200. The predicted molar refractivity (Wildman–Crippen MR) is 64.4 cm³/mol. The normalized spacial score (nSPS) is 22.3. The quantitative estimate of drug-likeness (QED) is 0.876. The van der Waals surface area contributed by atoms with Crippen LogP contribution in [0.25, 0.3) is 0 Å². The molecule has 2 N–H and O–H groups in total. The molecule has 2 rings (SSSR count). The highest BCUT2D eigenvalue weighted by molar-refractivity contribution is 7.16. The van der Waals surface area contributed by atoms with Crippen molar-refractivity contribution < 1.29 is 0 Å². The van der Waals surface area contributed by atoms with Crippen LogP contribution >= 0.6 is 35.3 Å². The molecule has 5 heteroatoms. The first-order chi connectivity index (χ1) is 6.24. The summed E-state index contributed by atoms with van der Waals surface area (Å²) >= 11 is 7.51.